The van der Waals surface area contributed by atoms with Crippen LogP contribution in [0.15, 0.2) is 0 Å². The molecule has 0 aliphatic carbocycles. The van der Waals surface area contributed by atoms with Crippen molar-refractivity contribution < 1.29 is 14.4 Å². The van der Waals surface area contributed by atoms with Crippen LogP contribution < -0.4 is 5.73 Å². The van der Waals surface area contributed by atoms with Crippen molar-refractivity contribution >= 4 is 40.2 Å². The highest BCUT2D eigenvalue weighted by Gasteiger charge is 2.41. The van der Waals surface area contributed by atoms with Crippen LogP contribution in [0.3, 0.4) is 0 Å². The first-order chi connectivity index (χ1) is 6.49. The zero-order valence-electron chi connectivity index (χ0n) is 7.70. The van der Waals surface area contributed by atoms with E-state index in [-0.39, 0.29) is 34.5 Å². The second-order valence-electron chi connectivity index (χ2n) is 3.14. The monoisotopic (exact) mass is 310 g/mol. The Morgan fingerprint density at radius 3 is 2.57 bits per heavy atom. The van der Waals surface area contributed by atoms with Gasteiger partial charge in [-0.3, -0.25) is 19.3 Å². The van der Waals surface area contributed by atoms with Crippen molar-refractivity contribution in [3.05, 3.63) is 0 Å². The molecular formula is C8H11IN2O3. The number of hydrogen-bond donors (Lipinski definition) is 1. The Balaban J connectivity index is 2.90. The minimum Gasteiger partial charge on any atom is -0.328 e. The van der Waals surface area contributed by atoms with Crippen molar-refractivity contribution in [2.24, 2.45) is 5.73 Å². The molecular weight excluding hydrogens is 299 g/mol. The average molecular weight is 310 g/mol. The van der Waals surface area contributed by atoms with Gasteiger partial charge in [-0.05, 0) is 6.92 Å². The molecule has 0 saturated carbocycles. The highest BCUT2D eigenvalue weighted by atomic mass is 127. The largest absolute Gasteiger partial charge is 0.328 e. The summed E-state index contributed by atoms with van der Waals surface area (Å²) in [6.45, 7) is 1.33. The lowest BCUT2D eigenvalue weighted by atomic mass is 10.2. The minimum absolute atomic E-state index is 0.00380. The van der Waals surface area contributed by atoms with Gasteiger partial charge in [0.1, 0.15) is 6.04 Å². The lowest BCUT2D eigenvalue weighted by molar-refractivity contribution is -0.145. The van der Waals surface area contributed by atoms with Gasteiger partial charge in [-0.15, -0.1) is 0 Å². The summed E-state index contributed by atoms with van der Waals surface area (Å²) in [5.41, 5.74) is 5.35. The lowest BCUT2D eigenvalue weighted by Crippen LogP contribution is -2.48. The summed E-state index contributed by atoms with van der Waals surface area (Å²) in [5.74, 6) is -0.860. The molecule has 0 bridgehead atoms. The van der Waals surface area contributed by atoms with Crippen LogP contribution in [0.4, 0.5) is 0 Å². The number of hydrogen-bond acceptors (Lipinski definition) is 4. The number of nitrogens with zero attached hydrogens (tertiary/aromatic N) is 1. The quantitative estimate of drug-likeness (QED) is 0.431. The maximum atomic E-state index is 11.5. The molecule has 1 aliphatic heterocycles. The summed E-state index contributed by atoms with van der Waals surface area (Å²) >= 11 is 1.90. The van der Waals surface area contributed by atoms with Gasteiger partial charge in [0.15, 0.2) is 5.78 Å². The number of halogens is 1. The van der Waals surface area contributed by atoms with Crippen LogP contribution in [0.2, 0.25) is 0 Å². The molecule has 1 heterocycles. The number of nitrogens with two attached hydrogens (primary N) is 1. The second-order valence-corrected chi connectivity index (χ2v) is 4.64. The predicted molar refractivity (Wildman–Crippen MR) is 57.8 cm³/mol. The molecule has 1 saturated heterocycles. The topological polar surface area (TPSA) is 80.5 Å². The number of ketones is 1. The smallest absolute Gasteiger partial charge is 0.243 e. The van der Waals surface area contributed by atoms with Crippen molar-refractivity contribution in [2.45, 2.75) is 23.3 Å². The molecule has 0 aromatic heterocycles. The summed E-state index contributed by atoms with van der Waals surface area (Å²) in [4.78, 5) is 35.0. The summed E-state index contributed by atoms with van der Waals surface area (Å²) in [6.07, 6.45) is 0.170. The van der Waals surface area contributed by atoms with Gasteiger partial charge >= 0.3 is 0 Å². The van der Waals surface area contributed by atoms with Crippen LogP contribution in [0.5, 0.6) is 0 Å². The number of rotatable bonds is 3. The number of amides is 2. The third kappa shape index (κ3) is 1.95. The molecule has 2 amide bonds. The second kappa shape index (κ2) is 4.35. The fourth-order valence-corrected chi connectivity index (χ4v) is 2.07. The highest BCUT2D eigenvalue weighted by Crippen LogP contribution is 2.22. The Morgan fingerprint density at radius 1 is 1.71 bits per heavy atom. The van der Waals surface area contributed by atoms with Gasteiger partial charge in [0.2, 0.25) is 11.8 Å². The Kier molecular flexibility index (Phi) is 3.59. The van der Waals surface area contributed by atoms with E-state index in [2.05, 4.69) is 0 Å². The number of Topliss-reactive ketones (excluding diaryl/α,β-unsaturated/α-hetero) is 1. The van der Waals surface area contributed by atoms with Gasteiger partial charge in [0.25, 0.3) is 0 Å². The molecule has 78 valence electrons. The Hall–Kier alpha value is -0.500. The molecule has 1 unspecified atom stereocenters. The maximum absolute atomic E-state index is 11.5. The molecule has 6 heteroatoms. The zero-order chi connectivity index (χ0) is 10.9. The minimum atomic E-state index is -0.783. The predicted octanol–water partition coefficient (Wildman–Crippen LogP) is -0.535. The van der Waals surface area contributed by atoms with Crippen molar-refractivity contribution in [2.75, 3.05) is 6.54 Å². The SMILES string of the molecule is CC(=O)[C@H](CN)N1C(=O)CC(I)C1=O. The summed E-state index contributed by atoms with van der Waals surface area (Å²) < 4.78 is -0.353. The number of alkyl halides is 1. The van der Waals surface area contributed by atoms with E-state index in [4.69, 9.17) is 5.73 Å². The lowest BCUT2D eigenvalue weighted by Gasteiger charge is -2.22. The van der Waals surface area contributed by atoms with Gasteiger partial charge in [0, 0.05) is 13.0 Å². The highest BCUT2D eigenvalue weighted by molar-refractivity contribution is 14.1. The van der Waals surface area contributed by atoms with Crippen molar-refractivity contribution in [3.8, 4) is 0 Å². The average Bonchev–Trinajstić information content (AvgIpc) is 2.32. The van der Waals surface area contributed by atoms with E-state index < -0.39 is 6.04 Å². The summed E-state index contributed by atoms with van der Waals surface area (Å²) in [7, 11) is 0. The van der Waals surface area contributed by atoms with Crippen LogP contribution >= 0.6 is 22.6 Å². The van der Waals surface area contributed by atoms with Crippen LogP contribution in [-0.4, -0.2) is 39.0 Å². The Bertz CT molecular complexity index is 292. The van der Waals surface area contributed by atoms with Gasteiger partial charge < -0.3 is 5.73 Å². The number of carbonyl (C=O) groups excluding carboxylic acids is 3. The normalized spacial score (nSPS) is 24.2. The van der Waals surface area contributed by atoms with Gasteiger partial charge in [-0.1, -0.05) is 22.6 Å². The van der Waals surface area contributed by atoms with E-state index in [9.17, 15) is 14.4 Å². The molecule has 2 atom stereocenters. The molecule has 0 radical (unpaired) electrons. The fourth-order valence-electron chi connectivity index (χ4n) is 1.39. The van der Waals surface area contributed by atoms with Crippen LogP contribution in [0.25, 0.3) is 0 Å². The number of carbonyl (C=O) groups is 3. The molecule has 1 aliphatic rings. The summed E-state index contributed by atoms with van der Waals surface area (Å²) in [6, 6.07) is -0.783. The molecule has 1 fully saturated rings. The van der Waals surface area contributed by atoms with Crippen LogP contribution in [0, 0.1) is 0 Å². The zero-order valence-corrected chi connectivity index (χ0v) is 9.85. The number of likely N-dealkylation sites (tertiary alicyclic amines) is 1. The molecule has 1 rings (SSSR count). The Labute approximate surface area is 95.1 Å². The van der Waals surface area contributed by atoms with E-state index in [0.717, 1.165) is 4.90 Å². The first-order valence-corrected chi connectivity index (χ1v) is 5.44. The van der Waals surface area contributed by atoms with Crippen LogP contribution in [-0.2, 0) is 14.4 Å². The molecule has 0 spiro atoms. The first kappa shape index (κ1) is 11.6. The maximum Gasteiger partial charge on any atom is 0.243 e. The van der Waals surface area contributed by atoms with Crippen molar-refractivity contribution in [1.29, 1.82) is 0 Å². The van der Waals surface area contributed by atoms with Crippen LogP contribution in [0.1, 0.15) is 13.3 Å². The van der Waals surface area contributed by atoms with Gasteiger partial charge in [0.05, 0.1) is 3.92 Å². The van der Waals surface area contributed by atoms with E-state index >= 15 is 0 Å². The van der Waals surface area contributed by atoms with E-state index in [1.165, 1.54) is 6.92 Å². The van der Waals surface area contributed by atoms with Gasteiger partial charge in [-0.25, -0.2) is 0 Å². The standard InChI is InChI=1S/C8H11IN2O3/c1-4(12)6(3-10)11-7(13)2-5(9)8(11)14/h5-6H,2-3,10H2,1H3/t5?,6-/m0/s1. The molecule has 0 aromatic rings. The van der Waals surface area contributed by atoms with E-state index in [1.807, 2.05) is 22.6 Å². The Morgan fingerprint density at radius 2 is 2.29 bits per heavy atom. The van der Waals surface area contributed by atoms with Gasteiger partial charge in [-0.2, -0.15) is 0 Å². The number of imide groups is 1. The molecule has 2 N–H and O–H groups in total. The van der Waals surface area contributed by atoms with Crippen molar-refractivity contribution in [1.82, 2.24) is 4.90 Å². The molecule has 14 heavy (non-hydrogen) atoms. The van der Waals surface area contributed by atoms with E-state index in [1.54, 1.807) is 0 Å². The molecule has 0 aromatic carbocycles. The van der Waals surface area contributed by atoms with Crippen molar-refractivity contribution in [3.63, 3.8) is 0 Å². The fraction of sp³-hybridized carbons (Fsp3) is 0.625. The molecule has 5 nitrogen and oxygen atoms in total. The third-order valence-electron chi connectivity index (χ3n) is 2.13. The first-order valence-electron chi connectivity index (χ1n) is 4.19. The van der Waals surface area contributed by atoms with E-state index in [0.29, 0.717) is 0 Å². The third-order valence-corrected chi connectivity index (χ3v) is 3.11. The summed E-state index contributed by atoms with van der Waals surface area (Å²) in [5, 5.41) is 0.